The number of aromatic nitrogens is 1. The fraction of sp³-hybridized carbons (Fsp3) is 0.231. The van der Waals surface area contributed by atoms with Crippen LogP contribution in [0.4, 0.5) is 0 Å². The average molecular weight is 447 g/mol. The molecule has 1 unspecified atom stereocenters. The number of fused-ring (bicyclic) bond motifs is 1. The number of nitrogens with one attached hydrogen (secondary N) is 1. The second-order valence-corrected chi connectivity index (χ2v) is 8.52. The van der Waals surface area contributed by atoms with Crippen LogP contribution in [0.5, 0.6) is 0 Å². The zero-order valence-electron chi connectivity index (χ0n) is 18.4. The highest BCUT2D eigenvalue weighted by Gasteiger charge is 2.18. The molecular formula is C26H26N2O3S. The molecule has 0 aliphatic carbocycles. The summed E-state index contributed by atoms with van der Waals surface area (Å²) in [5, 5.41) is 12.4. The topological polar surface area (TPSA) is 75.4 Å². The minimum absolute atomic E-state index is 0.460. The van der Waals surface area contributed by atoms with Gasteiger partial charge in [-0.05, 0) is 60.1 Å². The van der Waals surface area contributed by atoms with Gasteiger partial charge in [-0.2, -0.15) is 0 Å². The Labute approximate surface area is 191 Å². The fourth-order valence-corrected chi connectivity index (χ4v) is 4.50. The van der Waals surface area contributed by atoms with Gasteiger partial charge >= 0.3 is 5.97 Å². The van der Waals surface area contributed by atoms with Crippen molar-refractivity contribution in [1.82, 2.24) is 10.3 Å². The zero-order valence-corrected chi connectivity index (χ0v) is 19.2. The summed E-state index contributed by atoms with van der Waals surface area (Å²) in [6.07, 6.45) is 2.53. The maximum absolute atomic E-state index is 11.3. The number of carboxylic acid groups (broad SMARTS) is 1. The van der Waals surface area contributed by atoms with Gasteiger partial charge in [0.1, 0.15) is 11.6 Å². The molecule has 0 bridgehead atoms. The van der Waals surface area contributed by atoms with E-state index in [0.29, 0.717) is 18.9 Å². The van der Waals surface area contributed by atoms with E-state index in [1.165, 1.54) is 0 Å². The highest BCUT2D eigenvalue weighted by Crippen LogP contribution is 2.34. The third-order valence-electron chi connectivity index (χ3n) is 5.68. The number of carboxylic acids is 1. The van der Waals surface area contributed by atoms with E-state index in [4.69, 9.17) is 9.40 Å². The van der Waals surface area contributed by atoms with Crippen molar-refractivity contribution in [3.05, 3.63) is 71.8 Å². The summed E-state index contributed by atoms with van der Waals surface area (Å²) < 4.78 is 6.17. The van der Waals surface area contributed by atoms with Crippen molar-refractivity contribution in [3.8, 4) is 22.6 Å². The number of nitrogens with zero attached hydrogens (tertiary/aromatic N) is 1. The average Bonchev–Trinajstić information content (AvgIpc) is 3.22. The second kappa shape index (κ2) is 9.59. The van der Waals surface area contributed by atoms with Gasteiger partial charge in [-0.3, -0.25) is 4.79 Å². The van der Waals surface area contributed by atoms with Crippen LogP contribution < -0.4 is 5.32 Å². The van der Waals surface area contributed by atoms with Crippen LogP contribution >= 0.6 is 11.8 Å². The monoisotopic (exact) mass is 446 g/mol. The molecule has 0 spiro atoms. The van der Waals surface area contributed by atoms with E-state index in [0.717, 1.165) is 43.8 Å². The molecular weight excluding hydrogens is 420 g/mol. The van der Waals surface area contributed by atoms with Crippen LogP contribution in [0, 0.1) is 6.92 Å². The van der Waals surface area contributed by atoms with E-state index in [1.807, 2.05) is 55.6 Å². The van der Waals surface area contributed by atoms with E-state index in [9.17, 15) is 9.90 Å². The van der Waals surface area contributed by atoms with Crippen molar-refractivity contribution < 1.29 is 14.3 Å². The predicted molar refractivity (Wildman–Crippen MR) is 130 cm³/mol. The number of carbonyl (C=O) groups is 1. The highest BCUT2D eigenvalue weighted by atomic mass is 32.2. The third-order valence-corrected chi connectivity index (χ3v) is 6.50. The van der Waals surface area contributed by atoms with Crippen molar-refractivity contribution in [1.29, 1.82) is 0 Å². The lowest BCUT2D eigenvalue weighted by Crippen LogP contribution is -2.35. The summed E-state index contributed by atoms with van der Waals surface area (Å²) in [6, 6.07) is 19.9. The molecule has 6 heteroatoms. The number of aliphatic carboxylic acids is 1. The molecule has 5 nitrogen and oxygen atoms in total. The Morgan fingerprint density at radius 3 is 2.56 bits per heavy atom. The Hall–Kier alpha value is -3.09. The molecule has 0 amide bonds. The molecule has 164 valence electrons. The molecule has 2 N–H and O–H groups in total. The van der Waals surface area contributed by atoms with Crippen LogP contribution in [0.3, 0.4) is 0 Å². The largest absolute Gasteiger partial charge is 0.480 e. The van der Waals surface area contributed by atoms with Crippen LogP contribution in [-0.2, 0) is 11.3 Å². The maximum Gasteiger partial charge on any atom is 0.320 e. The standard InChI is InChI=1S/C26H26N2O3S/c1-4-21(26(29)30)27-15-18-13-22-23(14-24(18)32-3)31-25(28-22)20-12-8-11-19(16(20)2)17-9-6-5-7-10-17/h5-14,21,27H,4,15H2,1-3H3,(H,29,30). The molecule has 0 aliphatic rings. The number of thioether (sulfide) groups is 1. The van der Waals surface area contributed by atoms with Crippen molar-refractivity contribution in [2.24, 2.45) is 0 Å². The first-order chi connectivity index (χ1) is 15.5. The molecule has 0 saturated heterocycles. The van der Waals surface area contributed by atoms with Crippen LogP contribution in [-0.4, -0.2) is 28.4 Å². The van der Waals surface area contributed by atoms with Gasteiger partial charge in [0.15, 0.2) is 5.58 Å². The summed E-state index contributed by atoms with van der Waals surface area (Å²) in [5.41, 5.74) is 6.89. The Bertz CT molecular complexity index is 1250. The lowest BCUT2D eigenvalue weighted by Gasteiger charge is -2.13. The molecule has 4 rings (SSSR count). The predicted octanol–water partition coefficient (Wildman–Crippen LogP) is 6.14. The Morgan fingerprint density at radius 1 is 1.12 bits per heavy atom. The summed E-state index contributed by atoms with van der Waals surface area (Å²) in [4.78, 5) is 17.2. The number of rotatable bonds is 8. The molecule has 0 radical (unpaired) electrons. The smallest absolute Gasteiger partial charge is 0.320 e. The molecule has 32 heavy (non-hydrogen) atoms. The van der Waals surface area contributed by atoms with E-state index < -0.39 is 12.0 Å². The second-order valence-electron chi connectivity index (χ2n) is 7.67. The number of benzene rings is 3. The van der Waals surface area contributed by atoms with Crippen molar-refractivity contribution in [2.45, 2.75) is 37.8 Å². The van der Waals surface area contributed by atoms with Gasteiger partial charge < -0.3 is 14.8 Å². The van der Waals surface area contributed by atoms with E-state index in [2.05, 4.69) is 30.4 Å². The van der Waals surface area contributed by atoms with Crippen molar-refractivity contribution >= 4 is 28.8 Å². The Kier molecular flexibility index (Phi) is 6.63. The number of oxazole rings is 1. The Morgan fingerprint density at radius 2 is 1.88 bits per heavy atom. The van der Waals surface area contributed by atoms with Crippen LogP contribution in [0.1, 0.15) is 24.5 Å². The lowest BCUT2D eigenvalue weighted by molar-refractivity contribution is -0.139. The normalized spacial score (nSPS) is 12.2. The van der Waals surface area contributed by atoms with E-state index >= 15 is 0 Å². The van der Waals surface area contributed by atoms with Crippen LogP contribution in [0.2, 0.25) is 0 Å². The quantitative estimate of drug-likeness (QED) is 0.316. The van der Waals surface area contributed by atoms with Crippen LogP contribution in [0.25, 0.3) is 33.7 Å². The molecule has 0 aliphatic heterocycles. The summed E-state index contributed by atoms with van der Waals surface area (Å²) >= 11 is 1.61. The molecule has 1 aromatic heterocycles. The first-order valence-corrected chi connectivity index (χ1v) is 11.8. The molecule has 1 heterocycles. The molecule has 1 atom stereocenters. The third kappa shape index (κ3) is 4.42. The minimum Gasteiger partial charge on any atom is -0.480 e. The molecule has 0 fully saturated rings. The zero-order chi connectivity index (χ0) is 22.7. The van der Waals surface area contributed by atoms with Gasteiger partial charge in [0.05, 0.1) is 0 Å². The molecule has 3 aromatic carbocycles. The van der Waals surface area contributed by atoms with Crippen molar-refractivity contribution in [3.63, 3.8) is 0 Å². The summed E-state index contributed by atoms with van der Waals surface area (Å²) in [7, 11) is 0. The van der Waals surface area contributed by atoms with Gasteiger partial charge in [0, 0.05) is 17.0 Å². The number of hydrogen-bond acceptors (Lipinski definition) is 5. The lowest BCUT2D eigenvalue weighted by atomic mass is 9.96. The van der Waals surface area contributed by atoms with Crippen molar-refractivity contribution in [2.75, 3.05) is 6.26 Å². The van der Waals surface area contributed by atoms with Gasteiger partial charge in [-0.25, -0.2) is 4.98 Å². The fourth-order valence-electron chi connectivity index (χ4n) is 3.88. The first-order valence-electron chi connectivity index (χ1n) is 10.6. The van der Waals surface area contributed by atoms with Gasteiger partial charge in [0.25, 0.3) is 0 Å². The number of hydrogen-bond donors (Lipinski definition) is 2. The van der Waals surface area contributed by atoms with Gasteiger partial charge in [-0.15, -0.1) is 11.8 Å². The molecule has 0 saturated carbocycles. The van der Waals surface area contributed by atoms with Gasteiger partial charge in [0.2, 0.25) is 5.89 Å². The van der Waals surface area contributed by atoms with E-state index in [-0.39, 0.29) is 0 Å². The SMILES string of the molecule is CCC(NCc1cc2nc(-c3cccc(-c4ccccc4)c3C)oc2cc1SC)C(=O)O. The highest BCUT2D eigenvalue weighted by molar-refractivity contribution is 7.98. The van der Waals surface area contributed by atoms with E-state index in [1.54, 1.807) is 11.8 Å². The summed E-state index contributed by atoms with van der Waals surface area (Å²) in [6.45, 7) is 4.41. The maximum atomic E-state index is 11.3. The summed E-state index contributed by atoms with van der Waals surface area (Å²) in [5.74, 6) is -0.249. The van der Waals surface area contributed by atoms with Gasteiger partial charge in [-0.1, -0.05) is 49.4 Å². The first kappa shape index (κ1) is 22.1. The minimum atomic E-state index is -0.836. The molecule has 4 aromatic rings. The van der Waals surface area contributed by atoms with Crippen LogP contribution in [0.15, 0.2) is 70.0 Å². The Balaban J connectivity index is 1.71.